The molecular weight excluding hydrogens is 312 g/mol. The van der Waals surface area contributed by atoms with E-state index in [0.29, 0.717) is 23.9 Å². The molecule has 122 valence electrons. The van der Waals surface area contributed by atoms with Crippen LogP contribution in [0.2, 0.25) is 5.02 Å². The normalized spacial score (nSPS) is 24.2. The van der Waals surface area contributed by atoms with Crippen molar-refractivity contribution in [3.8, 4) is 18.1 Å². The molecule has 0 saturated carbocycles. The smallest absolute Gasteiger partial charge is 0.237 e. The molecule has 2 aliphatic heterocycles. The molecule has 3 rings (SSSR count). The number of hydrogen-bond acceptors (Lipinski definition) is 3. The summed E-state index contributed by atoms with van der Waals surface area (Å²) in [5, 5.41) is 3.76. The van der Waals surface area contributed by atoms with Crippen molar-refractivity contribution in [3.63, 3.8) is 0 Å². The second-order valence-corrected chi connectivity index (χ2v) is 6.45. The summed E-state index contributed by atoms with van der Waals surface area (Å²) in [6, 6.07) is 5.47. The lowest BCUT2D eigenvalue weighted by atomic mass is 9.97. The van der Waals surface area contributed by atoms with Gasteiger partial charge in [-0.25, -0.2) is 0 Å². The summed E-state index contributed by atoms with van der Waals surface area (Å²) in [6.07, 6.45) is 9.21. The summed E-state index contributed by atoms with van der Waals surface area (Å²) < 4.78 is 5.65. The van der Waals surface area contributed by atoms with E-state index in [2.05, 4.69) is 16.1 Å². The molecule has 1 aromatic rings. The van der Waals surface area contributed by atoms with Crippen LogP contribution in [0.25, 0.3) is 0 Å². The Kier molecular flexibility index (Phi) is 5.09. The Morgan fingerprint density at radius 1 is 1.43 bits per heavy atom. The van der Waals surface area contributed by atoms with Gasteiger partial charge in [-0.15, -0.1) is 6.42 Å². The highest BCUT2D eigenvalue weighted by Gasteiger charge is 2.31. The highest BCUT2D eigenvalue weighted by Crippen LogP contribution is 2.37. The molecule has 1 N–H and O–H groups in total. The molecule has 2 heterocycles. The Hall–Kier alpha value is -1.70. The number of ether oxygens (including phenoxy) is 1. The van der Waals surface area contributed by atoms with Gasteiger partial charge in [0.25, 0.3) is 0 Å². The van der Waals surface area contributed by atoms with E-state index >= 15 is 0 Å². The number of nitrogens with zero attached hydrogens (tertiary/aromatic N) is 1. The number of carbonyl (C=O) groups excluding carboxylic acids is 1. The van der Waals surface area contributed by atoms with Crippen molar-refractivity contribution < 1.29 is 9.53 Å². The zero-order chi connectivity index (χ0) is 16.2. The number of fused-ring (bicyclic) bond motifs is 1. The molecule has 0 aliphatic carbocycles. The van der Waals surface area contributed by atoms with Crippen molar-refractivity contribution in [2.45, 2.75) is 37.8 Å². The number of nitrogens with one attached hydrogen (secondary N) is 1. The van der Waals surface area contributed by atoms with E-state index in [1.54, 1.807) is 6.07 Å². The number of piperidine rings is 1. The van der Waals surface area contributed by atoms with Crippen LogP contribution in [0.4, 0.5) is 0 Å². The van der Waals surface area contributed by atoms with E-state index in [0.717, 1.165) is 37.8 Å². The van der Waals surface area contributed by atoms with Gasteiger partial charge < -0.3 is 10.1 Å². The molecule has 23 heavy (non-hydrogen) atoms. The van der Waals surface area contributed by atoms with Gasteiger partial charge in [0.1, 0.15) is 5.75 Å². The fourth-order valence-corrected chi connectivity index (χ4v) is 3.64. The summed E-state index contributed by atoms with van der Waals surface area (Å²) in [5.74, 6) is 3.40. The highest BCUT2D eigenvalue weighted by molar-refractivity contribution is 6.32. The maximum atomic E-state index is 12.8. The first-order valence-corrected chi connectivity index (χ1v) is 8.47. The number of rotatable bonds is 3. The predicted molar refractivity (Wildman–Crippen MR) is 90.5 cm³/mol. The van der Waals surface area contributed by atoms with E-state index in [-0.39, 0.29) is 18.0 Å². The number of carbonyl (C=O) groups is 1. The van der Waals surface area contributed by atoms with Crippen LogP contribution in [0, 0.1) is 12.3 Å². The number of amides is 1. The van der Waals surface area contributed by atoms with Crippen LogP contribution >= 0.6 is 11.6 Å². The van der Waals surface area contributed by atoms with Crippen molar-refractivity contribution in [2.24, 2.45) is 0 Å². The molecule has 1 aromatic carbocycles. The average Bonchev–Trinajstić information content (AvgIpc) is 2.56. The average molecular weight is 333 g/mol. The molecule has 1 fully saturated rings. The van der Waals surface area contributed by atoms with Gasteiger partial charge in [-0.1, -0.05) is 36.1 Å². The largest absolute Gasteiger partial charge is 0.492 e. The third-order valence-corrected chi connectivity index (χ3v) is 4.85. The minimum Gasteiger partial charge on any atom is -0.492 e. The van der Waals surface area contributed by atoms with Crippen LogP contribution < -0.4 is 10.1 Å². The minimum absolute atomic E-state index is 0.0535. The van der Waals surface area contributed by atoms with Gasteiger partial charge in [-0.3, -0.25) is 9.69 Å². The van der Waals surface area contributed by atoms with Gasteiger partial charge in [0.05, 0.1) is 30.3 Å². The lowest BCUT2D eigenvalue weighted by molar-refractivity contribution is -0.128. The number of halogens is 1. The van der Waals surface area contributed by atoms with Crippen LogP contribution in [0.3, 0.4) is 0 Å². The van der Waals surface area contributed by atoms with Crippen molar-refractivity contribution >= 4 is 17.5 Å². The van der Waals surface area contributed by atoms with Gasteiger partial charge >= 0.3 is 0 Å². The zero-order valence-electron chi connectivity index (χ0n) is 13.1. The number of para-hydroxylation sites is 1. The van der Waals surface area contributed by atoms with Gasteiger partial charge in [0.15, 0.2) is 0 Å². The molecule has 2 unspecified atom stereocenters. The van der Waals surface area contributed by atoms with Gasteiger partial charge in [-0.2, -0.15) is 0 Å². The third-order valence-electron chi connectivity index (χ3n) is 4.55. The first-order chi connectivity index (χ1) is 11.2. The highest BCUT2D eigenvalue weighted by atomic mass is 35.5. The van der Waals surface area contributed by atoms with E-state index in [4.69, 9.17) is 22.8 Å². The number of hydrogen-bond donors (Lipinski definition) is 1. The summed E-state index contributed by atoms with van der Waals surface area (Å²) >= 11 is 6.19. The van der Waals surface area contributed by atoms with Crippen LogP contribution in [0.15, 0.2) is 18.2 Å². The fourth-order valence-electron chi connectivity index (χ4n) is 3.40. The first kappa shape index (κ1) is 16.2. The molecule has 2 atom stereocenters. The molecule has 1 amide bonds. The van der Waals surface area contributed by atoms with E-state index < -0.39 is 0 Å². The minimum atomic E-state index is -0.134. The topological polar surface area (TPSA) is 41.6 Å². The van der Waals surface area contributed by atoms with Crippen molar-refractivity contribution in [2.75, 3.05) is 19.7 Å². The summed E-state index contributed by atoms with van der Waals surface area (Å²) in [4.78, 5) is 14.8. The van der Waals surface area contributed by atoms with Crippen molar-refractivity contribution in [1.29, 1.82) is 0 Å². The number of likely N-dealkylation sites (tertiary alicyclic amines) is 1. The maximum Gasteiger partial charge on any atom is 0.237 e. The zero-order valence-corrected chi connectivity index (χ0v) is 13.8. The standard InChI is InChI=1S/C18H21ClN2O2/c1-2-10-21-11-4-3-8-16(21)18(22)20-15-9-12-23-17-13(15)6-5-7-14(17)19/h1,5-7,15-16H,3-4,8-12H2,(H,20,22). The lowest BCUT2D eigenvalue weighted by Crippen LogP contribution is -2.50. The third kappa shape index (κ3) is 3.46. The van der Waals surface area contributed by atoms with Crippen LogP contribution in [-0.2, 0) is 4.79 Å². The van der Waals surface area contributed by atoms with Gasteiger partial charge in [0, 0.05) is 12.0 Å². The van der Waals surface area contributed by atoms with Crippen LogP contribution in [-0.4, -0.2) is 36.5 Å². The molecule has 4 nitrogen and oxygen atoms in total. The van der Waals surface area contributed by atoms with E-state index in [1.165, 1.54) is 0 Å². The summed E-state index contributed by atoms with van der Waals surface area (Å²) in [5.41, 5.74) is 0.955. The molecule has 2 aliphatic rings. The molecule has 0 radical (unpaired) electrons. The summed E-state index contributed by atoms with van der Waals surface area (Å²) in [6.45, 7) is 1.97. The Morgan fingerprint density at radius 3 is 3.13 bits per heavy atom. The Labute approximate surface area is 142 Å². The summed E-state index contributed by atoms with van der Waals surface area (Å²) in [7, 11) is 0. The number of terminal acetylenes is 1. The predicted octanol–water partition coefficient (Wildman–Crippen LogP) is 2.77. The van der Waals surface area contributed by atoms with Gasteiger partial charge in [-0.05, 0) is 25.5 Å². The molecule has 5 heteroatoms. The first-order valence-electron chi connectivity index (χ1n) is 8.10. The molecular formula is C18H21ClN2O2. The molecule has 0 spiro atoms. The lowest BCUT2D eigenvalue weighted by Gasteiger charge is -2.35. The second kappa shape index (κ2) is 7.25. The fraction of sp³-hybridized carbons (Fsp3) is 0.500. The number of benzene rings is 1. The Balaban J connectivity index is 1.74. The van der Waals surface area contributed by atoms with E-state index in [9.17, 15) is 4.79 Å². The maximum absolute atomic E-state index is 12.8. The second-order valence-electron chi connectivity index (χ2n) is 6.04. The monoisotopic (exact) mass is 332 g/mol. The quantitative estimate of drug-likeness (QED) is 0.865. The van der Waals surface area contributed by atoms with Crippen molar-refractivity contribution in [1.82, 2.24) is 10.2 Å². The van der Waals surface area contributed by atoms with E-state index in [1.807, 2.05) is 12.1 Å². The Bertz CT molecular complexity index is 626. The SMILES string of the molecule is C#CCN1CCCCC1C(=O)NC1CCOc2c(Cl)cccc21. The van der Waals surface area contributed by atoms with Crippen LogP contribution in [0.1, 0.15) is 37.3 Å². The molecule has 0 aromatic heterocycles. The molecule has 0 bridgehead atoms. The molecule has 1 saturated heterocycles. The van der Waals surface area contributed by atoms with Crippen molar-refractivity contribution in [3.05, 3.63) is 28.8 Å². The Morgan fingerprint density at radius 2 is 2.30 bits per heavy atom. The van der Waals surface area contributed by atoms with Crippen LogP contribution in [0.5, 0.6) is 5.75 Å². The van der Waals surface area contributed by atoms with Gasteiger partial charge in [0.2, 0.25) is 5.91 Å².